The number of carbonyl (C=O) groups is 1. The van der Waals surface area contributed by atoms with Crippen LogP contribution in [0.5, 0.6) is 0 Å². The van der Waals surface area contributed by atoms with Crippen molar-refractivity contribution in [3.05, 3.63) is 33.3 Å². The van der Waals surface area contributed by atoms with E-state index in [0.717, 1.165) is 0 Å². The molecule has 0 unspecified atom stereocenters. The molecule has 1 aromatic carbocycles. The summed E-state index contributed by atoms with van der Waals surface area (Å²) in [5, 5.41) is 17.5. The first kappa shape index (κ1) is 10.8. The van der Waals surface area contributed by atoms with Crippen LogP contribution in [0.25, 0.3) is 0 Å². The highest BCUT2D eigenvalue weighted by atomic mass is 35.5. The summed E-state index contributed by atoms with van der Waals surface area (Å²) in [6.07, 6.45) is -0.175. The molecule has 5 heteroatoms. The number of hydrogen-bond acceptors (Lipinski definition) is 2. The second-order valence-corrected chi connectivity index (χ2v) is 3.41. The summed E-state index contributed by atoms with van der Waals surface area (Å²) in [6, 6.07) is 4.70. The summed E-state index contributed by atoms with van der Waals surface area (Å²) in [4.78, 5) is 10.4. The van der Waals surface area contributed by atoms with E-state index in [-0.39, 0.29) is 22.0 Å². The van der Waals surface area contributed by atoms with Gasteiger partial charge in [0.15, 0.2) is 0 Å². The third kappa shape index (κ3) is 2.38. The molecule has 0 aromatic heterocycles. The fraction of sp³-hybridized carbons (Fsp3) is 0.111. The van der Waals surface area contributed by atoms with Crippen LogP contribution in [0.4, 0.5) is 0 Å². The quantitative estimate of drug-likeness (QED) is 0.848. The van der Waals surface area contributed by atoms with E-state index in [9.17, 15) is 4.79 Å². The molecule has 0 saturated heterocycles. The fourth-order valence-electron chi connectivity index (χ4n) is 1.00. The van der Waals surface area contributed by atoms with E-state index < -0.39 is 5.97 Å². The van der Waals surface area contributed by atoms with Gasteiger partial charge in [0.2, 0.25) is 0 Å². The zero-order valence-corrected chi connectivity index (χ0v) is 8.43. The first-order valence-electron chi connectivity index (χ1n) is 3.64. The predicted octanol–water partition coefficient (Wildman–Crippen LogP) is 2.49. The molecule has 0 fully saturated rings. The van der Waals surface area contributed by atoms with E-state index >= 15 is 0 Å². The lowest BCUT2D eigenvalue weighted by Gasteiger charge is -2.02. The van der Waals surface area contributed by atoms with Crippen LogP contribution in [0.2, 0.25) is 10.0 Å². The summed E-state index contributed by atoms with van der Waals surface area (Å²) < 4.78 is 0. The van der Waals surface area contributed by atoms with Crippen molar-refractivity contribution in [3.8, 4) is 6.07 Å². The van der Waals surface area contributed by atoms with E-state index in [1.807, 2.05) is 6.07 Å². The minimum absolute atomic E-state index is 0.156. The Morgan fingerprint density at radius 2 is 2.14 bits per heavy atom. The lowest BCUT2D eigenvalue weighted by Crippen LogP contribution is -2.00. The van der Waals surface area contributed by atoms with Crippen LogP contribution in [-0.2, 0) is 11.2 Å². The smallest absolute Gasteiger partial charge is 0.307 e. The molecular formula is C9H5Cl2NO2. The number of nitriles is 1. The van der Waals surface area contributed by atoms with Gasteiger partial charge in [-0.05, 0) is 17.7 Å². The van der Waals surface area contributed by atoms with Gasteiger partial charge in [-0.15, -0.1) is 0 Å². The molecule has 0 aliphatic heterocycles. The molecule has 0 saturated carbocycles. The molecule has 0 atom stereocenters. The van der Waals surface area contributed by atoms with Gasteiger partial charge in [-0.25, -0.2) is 0 Å². The normalized spacial score (nSPS) is 9.50. The van der Waals surface area contributed by atoms with Crippen LogP contribution in [0.1, 0.15) is 11.1 Å². The van der Waals surface area contributed by atoms with Crippen molar-refractivity contribution in [1.82, 2.24) is 0 Å². The van der Waals surface area contributed by atoms with Crippen LogP contribution < -0.4 is 0 Å². The second kappa shape index (κ2) is 4.32. The van der Waals surface area contributed by atoms with Crippen molar-refractivity contribution in [2.75, 3.05) is 0 Å². The van der Waals surface area contributed by atoms with Crippen LogP contribution in [-0.4, -0.2) is 11.1 Å². The monoisotopic (exact) mass is 229 g/mol. The Hall–Kier alpha value is -1.24. The highest BCUT2D eigenvalue weighted by molar-refractivity contribution is 6.42. The van der Waals surface area contributed by atoms with Crippen molar-refractivity contribution in [1.29, 1.82) is 5.26 Å². The summed E-state index contributed by atoms with van der Waals surface area (Å²) in [5.41, 5.74) is 0.652. The van der Waals surface area contributed by atoms with Crippen LogP contribution in [0.3, 0.4) is 0 Å². The van der Waals surface area contributed by atoms with Gasteiger partial charge < -0.3 is 5.11 Å². The largest absolute Gasteiger partial charge is 0.481 e. The molecule has 72 valence electrons. The van der Waals surface area contributed by atoms with Crippen molar-refractivity contribution in [3.63, 3.8) is 0 Å². The van der Waals surface area contributed by atoms with Gasteiger partial charge in [-0.2, -0.15) is 5.26 Å². The van der Waals surface area contributed by atoms with E-state index in [1.165, 1.54) is 12.1 Å². The van der Waals surface area contributed by atoms with E-state index in [0.29, 0.717) is 5.56 Å². The predicted molar refractivity (Wildman–Crippen MR) is 52.5 cm³/mol. The minimum Gasteiger partial charge on any atom is -0.481 e. The summed E-state index contributed by atoms with van der Waals surface area (Å²) in [7, 11) is 0. The highest BCUT2D eigenvalue weighted by Crippen LogP contribution is 2.27. The lowest BCUT2D eigenvalue weighted by atomic mass is 10.1. The Kier molecular flexibility index (Phi) is 3.34. The zero-order chi connectivity index (χ0) is 10.7. The second-order valence-electron chi connectivity index (χ2n) is 2.62. The Morgan fingerprint density at radius 1 is 1.50 bits per heavy atom. The van der Waals surface area contributed by atoms with Crippen LogP contribution in [0, 0.1) is 11.3 Å². The molecule has 0 amide bonds. The van der Waals surface area contributed by atoms with Crippen molar-refractivity contribution < 1.29 is 9.90 Å². The number of hydrogen-bond donors (Lipinski definition) is 1. The van der Waals surface area contributed by atoms with Crippen molar-refractivity contribution >= 4 is 29.2 Å². The molecule has 1 aromatic rings. The van der Waals surface area contributed by atoms with E-state index in [2.05, 4.69) is 0 Å². The van der Waals surface area contributed by atoms with Crippen molar-refractivity contribution in [2.45, 2.75) is 6.42 Å². The Labute approximate surface area is 90.5 Å². The zero-order valence-electron chi connectivity index (χ0n) is 6.92. The van der Waals surface area contributed by atoms with Gasteiger partial charge in [0.1, 0.15) is 6.07 Å². The molecule has 3 nitrogen and oxygen atoms in total. The summed E-state index contributed by atoms with van der Waals surface area (Å²) in [5.74, 6) is -0.979. The molecular weight excluding hydrogens is 225 g/mol. The highest BCUT2D eigenvalue weighted by Gasteiger charge is 2.09. The molecule has 1 rings (SSSR count). The third-order valence-corrected chi connectivity index (χ3v) is 2.37. The molecule has 0 spiro atoms. The number of benzene rings is 1. The molecule has 0 heterocycles. The SMILES string of the molecule is N#Cc1cc(CC(=O)O)cc(Cl)c1Cl. The van der Waals surface area contributed by atoms with Gasteiger partial charge in [-0.3, -0.25) is 4.79 Å². The number of carboxylic acid groups (broad SMARTS) is 1. The van der Waals surface area contributed by atoms with Gasteiger partial charge in [0, 0.05) is 0 Å². The standard InChI is InChI=1S/C9H5Cl2NO2/c10-7-2-5(3-8(13)14)1-6(4-12)9(7)11/h1-2H,3H2,(H,13,14). The molecule has 14 heavy (non-hydrogen) atoms. The average Bonchev–Trinajstić information content (AvgIpc) is 2.10. The maximum absolute atomic E-state index is 10.4. The Balaban J connectivity index is 3.18. The van der Waals surface area contributed by atoms with Gasteiger partial charge >= 0.3 is 5.97 Å². The van der Waals surface area contributed by atoms with E-state index in [1.54, 1.807) is 0 Å². The summed E-state index contributed by atoms with van der Waals surface area (Å²) in [6.45, 7) is 0. The number of halogens is 2. The first-order valence-corrected chi connectivity index (χ1v) is 4.40. The average molecular weight is 230 g/mol. The number of nitrogens with zero attached hydrogens (tertiary/aromatic N) is 1. The Morgan fingerprint density at radius 3 is 2.64 bits per heavy atom. The topological polar surface area (TPSA) is 61.1 Å². The van der Waals surface area contributed by atoms with E-state index in [4.69, 9.17) is 33.6 Å². The molecule has 0 bridgehead atoms. The fourth-order valence-corrected chi connectivity index (χ4v) is 1.40. The molecule has 0 radical (unpaired) electrons. The molecule has 1 N–H and O–H groups in total. The maximum Gasteiger partial charge on any atom is 0.307 e. The van der Waals surface area contributed by atoms with Gasteiger partial charge in [0.05, 0.1) is 22.0 Å². The number of aliphatic carboxylic acids is 1. The van der Waals surface area contributed by atoms with Gasteiger partial charge in [0.25, 0.3) is 0 Å². The Bertz CT molecular complexity index is 424. The lowest BCUT2D eigenvalue weighted by molar-refractivity contribution is -0.136. The maximum atomic E-state index is 10.4. The first-order chi connectivity index (χ1) is 6.54. The number of carboxylic acids is 1. The molecule has 0 aliphatic carbocycles. The third-order valence-electron chi connectivity index (χ3n) is 1.56. The van der Waals surface area contributed by atoms with Crippen LogP contribution >= 0.6 is 23.2 Å². The minimum atomic E-state index is -0.979. The number of rotatable bonds is 2. The summed E-state index contributed by atoms with van der Waals surface area (Å²) >= 11 is 11.4. The van der Waals surface area contributed by atoms with Gasteiger partial charge in [-0.1, -0.05) is 23.2 Å². The molecule has 0 aliphatic rings. The van der Waals surface area contributed by atoms with Crippen molar-refractivity contribution in [2.24, 2.45) is 0 Å². The van der Waals surface area contributed by atoms with Crippen LogP contribution in [0.15, 0.2) is 12.1 Å².